The normalized spacial score (nSPS) is 19.8. The van der Waals surface area contributed by atoms with E-state index in [0.717, 1.165) is 42.3 Å². The first-order valence-electron chi connectivity index (χ1n) is 9.96. The highest BCUT2D eigenvalue weighted by molar-refractivity contribution is 5.88. The van der Waals surface area contributed by atoms with E-state index in [1.54, 1.807) is 18.2 Å². The molecular weight excluding hydrogens is 354 g/mol. The number of likely N-dealkylation sites (tertiary alicyclic amines) is 1. The molecule has 0 radical (unpaired) electrons. The highest BCUT2D eigenvalue weighted by Gasteiger charge is 2.26. The Balaban J connectivity index is 1.75. The number of nitrogens with one attached hydrogen (secondary N) is 1. The van der Waals surface area contributed by atoms with Crippen molar-refractivity contribution in [1.82, 2.24) is 0 Å². The van der Waals surface area contributed by atoms with E-state index in [2.05, 4.69) is 0 Å². The summed E-state index contributed by atoms with van der Waals surface area (Å²) in [6, 6.07) is 15.0. The van der Waals surface area contributed by atoms with Crippen LogP contribution in [0.15, 0.2) is 57.7 Å². The number of piperidine rings is 1. The summed E-state index contributed by atoms with van der Waals surface area (Å²) in [5, 5.41) is 20.8. The molecule has 2 aromatic carbocycles. The van der Waals surface area contributed by atoms with Gasteiger partial charge >= 0.3 is 5.63 Å². The fraction of sp³-hybridized carbons (Fsp3) is 0.348. The summed E-state index contributed by atoms with van der Waals surface area (Å²) >= 11 is 0. The van der Waals surface area contributed by atoms with Gasteiger partial charge in [0.15, 0.2) is 0 Å². The Morgan fingerprint density at radius 2 is 1.93 bits per heavy atom. The maximum absolute atomic E-state index is 12.2. The van der Waals surface area contributed by atoms with Crippen molar-refractivity contribution in [3.8, 4) is 16.9 Å². The van der Waals surface area contributed by atoms with Gasteiger partial charge in [-0.05, 0) is 37.0 Å². The fourth-order valence-corrected chi connectivity index (χ4v) is 4.39. The Morgan fingerprint density at radius 1 is 1.11 bits per heavy atom. The number of phenolic OH excluding ortho intramolecular Hbond substituents is 1. The molecular formula is C23H26NO4+. The van der Waals surface area contributed by atoms with Crippen LogP contribution >= 0.6 is 0 Å². The number of aromatic hydroxyl groups is 1. The zero-order valence-corrected chi connectivity index (χ0v) is 15.9. The van der Waals surface area contributed by atoms with Crippen LogP contribution in [0.25, 0.3) is 22.1 Å². The van der Waals surface area contributed by atoms with Gasteiger partial charge in [-0.2, -0.15) is 0 Å². The van der Waals surface area contributed by atoms with Gasteiger partial charge in [0.1, 0.15) is 17.9 Å². The predicted molar refractivity (Wildman–Crippen MR) is 108 cm³/mol. The standard InChI is InChI=1S/C23H25NO4/c25-11-9-18-8-4-5-10-24(18)15-17-12-23(27)28-22-14-19(21(26)13-20(17)22)16-6-2-1-3-7-16/h1-3,6-7,12-14,18,25-26H,4-5,8-11,15H2/p+1/t18-/m0/s1. The van der Waals surface area contributed by atoms with Gasteiger partial charge in [-0.3, -0.25) is 0 Å². The average Bonchev–Trinajstić information content (AvgIpc) is 2.70. The third-order valence-electron chi connectivity index (χ3n) is 5.80. The minimum Gasteiger partial charge on any atom is -0.507 e. The largest absolute Gasteiger partial charge is 0.507 e. The van der Waals surface area contributed by atoms with Crippen LogP contribution in [0.1, 0.15) is 31.2 Å². The van der Waals surface area contributed by atoms with E-state index >= 15 is 0 Å². The Morgan fingerprint density at radius 3 is 2.71 bits per heavy atom. The molecule has 1 aliphatic rings. The number of aliphatic hydroxyl groups excluding tert-OH is 1. The second kappa shape index (κ2) is 8.17. The molecule has 28 heavy (non-hydrogen) atoms. The van der Waals surface area contributed by atoms with Gasteiger partial charge < -0.3 is 19.5 Å². The SMILES string of the molecule is O=c1cc(C[NH+]2CCCC[C@H]2CCO)c2cc(O)c(-c3ccccc3)cc2o1. The lowest BCUT2D eigenvalue weighted by atomic mass is 9.97. The molecule has 3 N–H and O–H groups in total. The maximum Gasteiger partial charge on any atom is 0.336 e. The van der Waals surface area contributed by atoms with Crippen molar-refractivity contribution in [2.75, 3.05) is 13.2 Å². The molecule has 0 aliphatic carbocycles. The topological polar surface area (TPSA) is 75.1 Å². The zero-order valence-electron chi connectivity index (χ0n) is 15.9. The number of benzene rings is 2. The number of quaternary nitrogens is 1. The number of hydrogen-bond acceptors (Lipinski definition) is 4. The summed E-state index contributed by atoms with van der Waals surface area (Å²) in [6.07, 6.45) is 4.21. The molecule has 2 heterocycles. The Hall–Kier alpha value is -2.63. The van der Waals surface area contributed by atoms with Crippen LogP contribution < -0.4 is 10.5 Å². The molecule has 0 saturated carbocycles. The van der Waals surface area contributed by atoms with Crippen molar-refractivity contribution >= 4 is 11.0 Å². The lowest BCUT2D eigenvalue weighted by Crippen LogP contribution is -3.15. The molecule has 1 unspecified atom stereocenters. The zero-order chi connectivity index (χ0) is 19.5. The van der Waals surface area contributed by atoms with Gasteiger partial charge in [-0.1, -0.05) is 30.3 Å². The molecule has 0 amide bonds. The molecule has 3 aromatic rings. The number of phenols is 1. The smallest absolute Gasteiger partial charge is 0.336 e. The molecule has 1 saturated heterocycles. The van der Waals surface area contributed by atoms with E-state index in [1.165, 1.54) is 11.3 Å². The van der Waals surface area contributed by atoms with Crippen LogP contribution in [0.3, 0.4) is 0 Å². The molecule has 0 bridgehead atoms. The third kappa shape index (κ3) is 3.81. The van der Waals surface area contributed by atoms with Gasteiger partial charge in [0, 0.05) is 35.6 Å². The number of aliphatic hydroxyl groups is 1. The van der Waals surface area contributed by atoms with E-state index < -0.39 is 0 Å². The maximum atomic E-state index is 12.2. The number of rotatable bonds is 5. The van der Waals surface area contributed by atoms with Crippen LogP contribution in [0.4, 0.5) is 0 Å². The first kappa shape index (κ1) is 18.7. The summed E-state index contributed by atoms with van der Waals surface area (Å²) in [6.45, 7) is 1.91. The molecule has 2 atom stereocenters. The molecule has 1 fully saturated rings. The van der Waals surface area contributed by atoms with Gasteiger partial charge in [0.05, 0.1) is 12.6 Å². The van der Waals surface area contributed by atoms with Gasteiger partial charge in [-0.15, -0.1) is 0 Å². The third-order valence-corrected chi connectivity index (χ3v) is 5.80. The fourth-order valence-electron chi connectivity index (χ4n) is 4.39. The summed E-state index contributed by atoms with van der Waals surface area (Å²) in [4.78, 5) is 13.6. The van der Waals surface area contributed by atoms with Crippen molar-refractivity contribution in [1.29, 1.82) is 0 Å². The van der Waals surface area contributed by atoms with Crippen LogP contribution in [0.5, 0.6) is 5.75 Å². The predicted octanol–water partition coefficient (Wildman–Crippen LogP) is 2.49. The minimum atomic E-state index is -0.373. The van der Waals surface area contributed by atoms with Crippen LogP contribution in [0, 0.1) is 0 Å². The first-order valence-corrected chi connectivity index (χ1v) is 9.96. The highest BCUT2D eigenvalue weighted by atomic mass is 16.4. The Kier molecular flexibility index (Phi) is 5.46. The quantitative estimate of drug-likeness (QED) is 0.595. The van der Waals surface area contributed by atoms with Crippen LogP contribution in [-0.2, 0) is 6.54 Å². The summed E-state index contributed by atoms with van der Waals surface area (Å²) < 4.78 is 5.47. The molecule has 146 valence electrons. The van der Waals surface area contributed by atoms with E-state index in [4.69, 9.17) is 4.42 Å². The van der Waals surface area contributed by atoms with E-state index in [9.17, 15) is 15.0 Å². The second-order valence-electron chi connectivity index (χ2n) is 7.61. The van der Waals surface area contributed by atoms with Crippen molar-refractivity contribution in [3.63, 3.8) is 0 Å². The van der Waals surface area contributed by atoms with Gasteiger partial charge in [0.25, 0.3) is 0 Å². The lowest BCUT2D eigenvalue weighted by molar-refractivity contribution is -0.944. The molecule has 4 rings (SSSR count). The van der Waals surface area contributed by atoms with Gasteiger partial charge in [0.2, 0.25) is 0 Å². The van der Waals surface area contributed by atoms with Crippen molar-refractivity contribution < 1.29 is 19.5 Å². The first-order chi connectivity index (χ1) is 13.7. The van der Waals surface area contributed by atoms with E-state index in [1.807, 2.05) is 30.3 Å². The molecule has 5 nitrogen and oxygen atoms in total. The van der Waals surface area contributed by atoms with Crippen molar-refractivity contribution in [2.45, 2.75) is 38.3 Å². The molecule has 1 aliphatic heterocycles. The highest BCUT2D eigenvalue weighted by Crippen LogP contribution is 2.34. The minimum absolute atomic E-state index is 0.175. The monoisotopic (exact) mass is 380 g/mol. The molecule has 5 heteroatoms. The number of fused-ring (bicyclic) bond motifs is 1. The second-order valence-corrected chi connectivity index (χ2v) is 7.61. The Labute approximate surface area is 163 Å². The summed E-state index contributed by atoms with van der Waals surface area (Å²) in [5.41, 5.74) is 2.54. The number of hydrogen-bond donors (Lipinski definition) is 3. The van der Waals surface area contributed by atoms with Gasteiger partial charge in [-0.25, -0.2) is 4.79 Å². The van der Waals surface area contributed by atoms with E-state index in [-0.39, 0.29) is 18.0 Å². The van der Waals surface area contributed by atoms with Crippen LogP contribution in [0.2, 0.25) is 0 Å². The van der Waals surface area contributed by atoms with E-state index in [0.29, 0.717) is 23.7 Å². The lowest BCUT2D eigenvalue weighted by Gasteiger charge is -2.32. The van der Waals surface area contributed by atoms with Crippen LogP contribution in [-0.4, -0.2) is 29.4 Å². The average molecular weight is 380 g/mol. The Bertz CT molecular complexity index is 1010. The molecule has 1 aromatic heterocycles. The van der Waals surface area contributed by atoms with Crippen molar-refractivity contribution in [3.05, 3.63) is 64.5 Å². The molecule has 0 spiro atoms. The summed E-state index contributed by atoms with van der Waals surface area (Å²) in [7, 11) is 0. The van der Waals surface area contributed by atoms with Crippen molar-refractivity contribution in [2.24, 2.45) is 0 Å². The summed E-state index contributed by atoms with van der Waals surface area (Å²) in [5.74, 6) is 0.175.